The van der Waals surface area contributed by atoms with Crippen molar-refractivity contribution in [2.75, 3.05) is 0 Å². The molecular formula is C16H19NO2. The van der Waals surface area contributed by atoms with Gasteiger partial charge in [0.2, 0.25) is 11.8 Å². The van der Waals surface area contributed by atoms with Crippen molar-refractivity contribution >= 4 is 11.8 Å². The smallest absolute Gasteiger partial charge is 0.233 e. The summed E-state index contributed by atoms with van der Waals surface area (Å²) in [5.41, 5.74) is 0. The zero-order chi connectivity index (χ0) is 12.7. The van der Waals surface area contributed by atoms with Crippen molar-refractivity contribution in [2.45, 2.75) is 38.1 Å². The van der Waals surface area contributed by atoms with Crippen LogP contribution in [-0.2, 0) is 9.59 Å². The van der Waals surface area contributed by atoms with Gasteiger partial charge in [0.15, 0.2) is 0 Å². The van der Waals surface area contributed by atoms with E-state index >= 15 is 0 Å². The molecule has 4 bridgehead atoms. The predicted octanol–water partition coefficient (Wildman–Crippen LogP) is 1.98. The number of hydrogen-bond donors (Lipinski definition) is 0. The minimum atomic E-state index is 0.00151. The highest BCUT2D eigenvalue weighted by molar-refractivity contribution is 6.06. The molecule has 2 amide bonds. The molecule has 3 nitrogen and oxygen atoms in total. The Balaban J connectivity index is 1.50. The summed E-state index contributed by atoms with van der Waals surface area (Å²) in [5, 5.41) is 0. The fourth-order valence-corrected chi connectivity index (χ4v) is 5.78. The maximum absolute atomic E-state index is 12.7. The van der Waals surface area contributed by atoms with Gasteiger partial charge in [-0.1, -0.05) is 18.6 Å². The molecule has 5 rings (SSSR count). The summed E-state index contributed by atoms with van der Waals surface area (Å²) in [4.78, 5) is 27.2. The van der Waals surface area contributed by atoms with E-state index in [0.717, 1.165) is 18.8 Å². The number of amides is 2. The molecule has 0 radical (unpaired) electrons. The lowest BCUT2D eigenvalue weighted by atomic mass is 9.85. The van der Waals surface area contributed by atoms with Crippen LogP contribution in [0.2, 0.25) is 0 Å². The van der Waals surface area contributed by atoms with Crippen molar-refractivity contribution in [3.05, 3.63) is 12.2 Å². The number of likely N-dealkylation sites (tertiary alicyclic amines) is 1. The first kappa shape index (κ1) is 10.6. The summed E-state index contributed by atoms with van der Waals surface area (Å²) in [7, 11) is 0. The molecule has 0 N–H and O–H groups in total. The van der Waals surface area contributed by atoms with E-state index in [1.54, 1.807) is 4.90 Å². The van der Waals surface area contributed by atoms with Crippen LogP contribution < -0.4 is 0 Å². The second-order valence-corrected chi connectivity index (χ2v) is 7.29. The molecule has 0 spiro atoms. The van der Waals surface area contributed by atoms with E-state index in [9.17, 15) is 9.59 Å². The lowest BCUT2D eigenvalue weighted by molar-refractivity contribution is -0.144. The molecule has 5 aliphatic rings. The SMILES string of the molecule is O=C1[C@H]2[C@H](C(=O)N1[C@@H]1C[C@H]3CC[C@H]1C3)[C@H]1C=C[C@H]2C1. The van der Waals surface area contributed by atoms with Crippen molar-refractivity contribution in [1.29, 1.82) is 0 Å². The molecule has 19 heavy (non-hydrogen) atoms. The molecule has 4 fully saturated rings. The molecule has 1 saturated heterocycles. The van der Waals surface area contributed by atoms with E-state index in [0.29, 0.717) is 17.8 Å². The fourth-order valence-electron chi connectivity index (χ4n) is 5.78. The molecule has 0 aromatic heterocycles. The van der Waals surface area contributed by atoms with Crippen molar-refractivity contribution < 1.29 is 9.59 Å². The van der Waals surface area contributed by atoms with Crippen molar-refractivity contribution in [3.8, 4) is 0 Å². The molecule has 100 valence electrons. The lowest BCUT2D eigenvalue weighted by Crippen LogP contribution is -2.44. The first-order valence-electron chi connectivity index (χ1n) is 7.79. The zero-order valence-electron chi connectivity index (χ0n) is 11.0. The average Bonchev–Trinajstić information content (AvgIpc) is 3.16. The molecule has 3 heteroatoms. The Hall–Kier alpha value is -1.12. The monoisotopic (exact) mass is 257 g/mol. The zero-order valence-corrected chi connectivity index (χ0v) is 11.0. The number of rotatable bonds is 1. The Kier molecular flexibility index (Phi) is 1.85. The fraction of sp³-hybridized carbons (Fsp3) is 0.750. The number of imide groups is 1. The topological polar surface area (TPSA) is 37.4 Å². The van der Waals surface area contributed by atoms with Crippen LogP contribution >= 0.6 is 0 Å². The highest BCUT2D eigenvalue weighted by Gasteiger charge is 2.61. The van der Waals surface area contributed by atoms with E-state index in [4.69, 9.17) is 0 Å². The summed E-state index contributed by atoms with van der Waals surface area (Å²) in [6.45, 7) is 0. The van der Waals surface area contributed by atoms with Crippen LogP contribution in [0, 0.1) is 35.5 Å². The first-order valence-corrected chi connectivity index (χ1v) is 7.79. The average molecular weight is 257 g/mol. The van der Waals surface area contributed by atoms with Crippen LogP contribution in [-0.4, -0.2) is 22.8 Å². The van der Waals surface area contributed by atoms with Gasteiger partial charge in [-0.15, -0.1) is 0 Å². The van der Waals surface area contributed by atoms with Crippen LogP contribution in [0.5, 0.6) is 0 Å². The summed E-state index contributed by atoms with van der Waals surface area (Å²) < 4.78 is 0. The van der Waals surface area contributed by atoms with Gasteiger partial charge in [-0.25, -0.2) is 0 Å². The van der Waals surface area contributed by atoms with Crippen molar-refractivity contribution in [2.24, 2.45) is 35.5 Å². The van der Waals surface area contributed by atoms with Crippen LogP contribution in [0.4, 0.5) is 0 Å². The van der Waals surface area contributed by atoms with Crippen LogP contribution in [0.3, 0.4) is 0 Å². The highest BCUT2D eigenvalue weighted by atomic mass is 16.2. The second kappa shape index (κ2) is 3.31. The molecule has 1 aliphatic heterocycles. The summed E-state index contributed by atoms with van der Waals surface area (Å²) in [6, 6.07) is 0.253. The lowest BCUT2D eigenvalue weighted by Gasteiger charge is -2.31. The van der Waals surface area contributed by atoms with Gasteiger partial charge in [0.25, 0.3) is 0 Å². The van der Waals surface area contributed by atoms with Gasteiger partial charge < -0.3 is 0 Å². The highest BCUT2D eigenvalue weighted by Crippen LogP contribution is 2.55. The van der Waals surface area contributed by atoms with E-state index < -0.39 is 0 Å². The maximum atomic E-state index is 12.7. The molecule has 7 atom stereocenters. The summed E-state index contributed by atoms with van der Waals surface area (Å²) in [6.07, 6.45) is 10.3. The molecule has 3 saturated carbocycles. The van der Waals surface area contributed by atoms with E-state index in [2.05, 4.69) is 12.2 Å². The Bertz CT molecular complexity index is 481. The third-order valence-corrected chi connectivity index (χ3v) is 6.54. The van der Waals surface area contributed by atoms with E-state index in [1.807, 2.05) is 0 Å². The third kappa shape index (κ3) is 1.16. The number of carbonyl (C=O) groups is 2. The Labute approximate surface area is 113 Å². The van der Waals surface area contributed by atoms with Gasteiger partial charge in [0, 0.05) is 6.04 Å². The quantitative estimate of drug-likeness (QED) is 0.532. The summed E-state index contributed by atoms with van der Waals surface area (Å²) in [5.74, 6) is 2.45. The van der Waals surface area contributed by atoms with Crippen molar-refractivity contribution in [3.63, 3.8) is 0 Å². The number of allylic oxidation sites excluding steroid dienone is 2. The normalized spacial score (nSPS) is 53.7. The van der Waals surface area contributed by atoms with Crippen LogP contribution in [0.15, 0.2) is 12.2 Å². The third-order valence-electron chi connectivity index (χ3n) is 6.54. The van der Waals surface area contributed by atoms with Gasteiger partial charge >= 0.3 is 0 Å². The largest absolute Gasteiger partial charge is 0.279 e. The maximum Gasteiger partial charge on any atom is 0.233 e. The standard InChI is InChI=1S/C16H19NO2/c18-15-13-10-3-4-11(7-10)14(13)16(19)17(15)12-6-8-1-2-9(12)5-8/h3-4,8-14H,1-2,5-7H2/t8-,9-,10-,11-,12+,13+,14+/m0/s1. The molecule has 0 unspecified atom stereocenters. The molecule has 1 heterocycles. The Morgan fingerprint density at radius 2 is 1.58 bits per heavy atom. The number of nitrogens with zero attached hydrogens (tertiary/aromatic N) is 1. The van der Waals surface area contributed by atoms with Gasteiger partial charge in [-0.2, -0.15) is 0 Å². The Morgan fingerprint density at radius 3 is 2.11 bits per heavy atom. The van der Waals surface area contributed by atoms with Gasteiger partial charge in [-0.3, -0.25) is 14.5 Å². The predicted molar refractivity (Wildman–Crippen MR) is 68.8 cm³/mol. The van der Waals surface area contributed by atoms with Crippen LogP contribution in [0.1, 0.15) is 32.1 Å². The van der Waals surface area contributed by atoms with Crippen LogP contribution in [0.25, 0.3) is 0 Å². The Morgan fingerprint density at radius 1 is 0.895 bits per heavy atom. The van der Waals surface area contributed by atoms with E-state index in [-0.39, 0.29) is 29.7 Å². The first-order chi connectivity index (χ1) is 9.24. The molecule has 4 aliphatic carbocycles. The van der Waals surface area contributed by atoms with Gasteiger partial charge in [-0.05, 0) is 49.4 Å². The molecular weight excluding hydrogens is 238 g/mol. The summed E-state index contributed by atoms with van der Waals surface area (Å²) >= 11 is 0. The van der Waals surface area contributed by atoms with E-state index in [1.165, 1.54) is 19.3 Å². The van der Waals surface area contributed by atoms with Gasteiger partial charge in [0.1, 0.15) is 0 Å². The van der Waals surface area contributed by atoms with Crippen molar-refractivity contribution in [1.82, 2.24) is 4.90 Å². The minimum absolute atomic E-state index is 0.00151. The van der Waals surface area contributed by atoms with Gasteiger partial charge in [0.05, 0.1) is 11.8 Å². The number of hydrogen-bond acceptors (Lipinski definition) is 2. The second-order valence-electron chi connectivity index (χ2n) is 7.29. The molecule has 0 aromatic rings. The minimum Gasteiger partial charge on any atom is -0.279 e. The molecule has 0 aromatic carbocycles. The number of carbonyl (C=O) groups excluding carboxylic acids is 2. The number of fused-ring (bicyclic) bond motifs is 7.